The second kappa shape index (κ2) is 9.17. The lowest BCUT2D eigenvalue weighted by molar-refractivity contribution is -0.125. The zero-order valence-electron chi connectivity index (χ0n) is 18.7. The maximum absolute atomic E-state index is 13.6. The molecule has 35 heavy (non-hydrogen) atoms. The van der Waals surface area contributed by atoms with Gasteiger partial charge in [0.2, 0.25) is 5.91 Å². The Bertz CT molecular complexity index is 1480. The van der Waals surface area contributed by atoms with Crippen molar-refractivity contribution in [3.8, 4) is 11.4 Å². The van der Waals surface area contributed by atoms with Crippen molar-refractivity contribution in [1.29, 1.82) is 0 Å². The van der Waals surface area contributed by atoms with Gasteiger partial charge < -0.3 is 9.64 Å². The number of benzene rings is 2. The molecule has 3 heterocycles. The Balaban J connectivity index is 1.42. The van der Waals surface area contributed by atoms with Crippen LogP contribution in [0.5, 0.6) is 5.75 Å². The lowest BCUT2D eigenvalue weighted by atomic mass is 10.2. The van der Waals surface area contributed by atoms with Gasteiger partial charge in [0, 0.05) is 19.3 Å². The molecule has 0 aliphatic carbocycles. The quantitative estimate of drug-likeness (QED) is 0.395. The van der Waals surface area contributed by atoms with Gasteiger partial charge in [-0.3, -0.25) is 18.9 Å². The molecule has 1 unspecified atom stereocenters. The molecule has 2 aromatic carbocycles. The fourth-order valence-corrected chi connectivity index (χ4v) is 4.44. The number of aromatic nitrogens is 3. The maximum Gasteiger partial charge on any atom is 0.334 e. The van der Waals surface area contributed by atoms with Gasteiger partial charge in [-0.05, 0) is 60.5 Å². The van der Waals surface area contributed by atoms with Gasteiger partial charge in [-0.2, -0.15) is 0 Å². The van der Waals surface area contributed by atoms with Crippen LogP contribution in [0.2, 0.25) is 0 Å². The molecule has 9 heteroatoms. The molecule has 1 amide bonds. The van der Waals surface area contributed by atoms with Crippen LogP contribution in [0.25, 0.3) is 16.7 Å². The second-order valence-corrected chi connectivity index (χ2v) is 8.31. The predicted molar refractivity (Wildman–Crippen MR) is 126 cm³/mol. The van der Waals surface area contributed by atoms with Crippen LogP contribution in [-0.2, 0) is 11.4 Å². The molecule has 1 aliphatic heterocycles. The fraction of sp³-hybridized carbons (Fsp3) is 0.192. The Morgan fingerprint density at radius 3 is 2.66 bits per heavy atom. The summed E-state index contributed by atoms with van der Waals surface area (Å²) in [4.78, 5) is 31.5. The molecule has 1 atom stereocenters. The molecule has 0 radical (unpaired) electrons. The molecule has 0 saturated carbocycles. The first kappa shape index (κ1) is 22.5. The van der Waals surface area contributed by atoms with Crippen molar-refractivity contribution in [3.63, 3.8) is 0 Å². The molecule has 0 spiro atoms. The summed E-state index contributed by atoms with van der Waals surface area (Å²) in [5.74, 6) is -1.47. The number of carbonyl (C=O) groups excluding carboxylic acids is 1. The van der Waals surface area contributed by atoms with E-state index in [1.807, 2.05) is 0 Å². The van der Waals surface area contributed by atoms with Crippen molar-refractivity contribution in [3.05, 3.63) is 101 Å². The van der Waals surface area contributed by atoms with Gasteiger partial charge in [0.15, 0.2) is 11.6 Å². The molecule has 2 aromatic heterocycles. The Morgan fingerprint density at radius 1 is 1.11 bits per heavy atom. The van der Waals surface area contributed by atoms with Gasteiger partial charge in [-0.25, -0.2) is 13.6 Å². The smallest absolute Gasteiger partial charge is 0.334 e. The van der Waals surface area contributed by atoms with E-state index in [9.17, 15) is 18.4 Å². The van der Waals surface area contributed by atoms with Crippen molar-refractivity contribution in [2.75, 3.05) is 13.1 Å². The van der Waals surface area contributed by atoms with Gasteiger partial charge in [-0.15, -0.1) is 0 Å². The minimum atomic E-state index is -0.926. The SMILES string of the molecule is C=CC(=O)N1CCC(n2c(=O)n(-c3ccc(OCc4ccc(F)c(F)c4)cc3)c3cnccc32)C1. The molecular weight excluding hydrogens is 454 g/mol. The molecule has 1 fully saturated rings. The van der Waals surface area contributed by atoms with Crippen LogP contribution < -0.4 is 10.4 Å². The highest BCUT2D eigenvalue weighted by Gasteiger charge is 2.29. The molecule has 4 aromatic rings. The highest BCUT2D eigenvalue weighted by molar-refractivity contribution is 5.87. The van der Waals surface area contributed by atoms with Crippen molar-refractivity contribution in [1.82, 2.24) is 19.0 Å². The third-order valence-electron chi connectivity index (χ3n) is 6.17. The minimum Gasteiger partial charge on any atom is -0.489 e. The summed E-state index contributed by atoms with van der Waals surface area (Å²) >= 11 is 0. The summed E-state index contributed by atoms with van der Waals surface area (Å²) in [5.41, 5.74) is 2.30. The summed E-state index contributed by atoms with van der Waals surface area (Å²) in [6, 6.07) is 12.2. The van der Waals surface area contributed by atoms with Crippen molar-refractivity contribution in [2.24, 2.45) is 0 Å². The molecule has 0 bridgehead atoms. The first-order valence-electron chi connectivity index (χ1n) is 11.1. The molecular formula is C26H22F2N4O3. The van der Waals surface area contributed by atoms with E-state index < -0.39 is 11.6 Å². The van der Waals surface area contributed by atoms with Crippen LogP contribution in [0.1, 0.15) is 18.0 Å². The van der Waals surface area contributed by atoms with E-state index in [1.165, 1.54) is 12.1 Å². The van der Waals surface area contributed by atoms with E-state index in [0.717, 1.165) is 17.6 Å². The average molecular weight is 476 g/mol. The number of nitrogens with zero attached hydrogens (tertiary/aromatic N) is 4. The molecule has 5 rings (SSSR count). The Morgan fingerprint density at radius 2 is 1.91 bits per heavy atom. The first-order valence-corrected chi connectivity index (χ1v) is 11.1. The number of hydrogen-bond acceptors (Lipinski definition) is 4. The van der Waals surface area contributed by atoms with Crippen molar-refractivity contribution >= 4 is 16.9 Å². The van der Waals surface area contributed by atoms with E-state index in [4.69, 9.17) is 4.74 Å². The van der Waals surface area contributed by atoms with Gasteiger partial charge in [0.1, 0.15) is 12.4 Å². The maximum atomic E-state index is 13.6. The van der Waals surface area contributed by atoms with E-state index in [2.05, 4.69) is 11.6 Å². The number of hydrogen-bond donors (Lipinski definition) is 0. The molecule has 1 aliphatic rings. The summed E-state index contributed by atoms with van der Waals surface area (Å²) in [5, 5.41) is 0. The largest absolute Gasteiger partial charge is 0.489 e. The molecule has 1 saturated heterocycles. The van der Waals surface area contributed by atoms with E-state index in [-0.39, 0.29) is 24.2 Å². The van der Waals surface area contributed by atoms with Crippen molar-refractivity contribution < 1.29 is 18.3 Å². The standard InChI is InChI=1S/C26H22F2N4O3/c1-2-25(33)30-12-10-19(15-30)32-23-9-11-29-14-24(23)31(26(32)34)18-4-6-20(7-5-18)35-16-17-3-8-21(27)22(28)13-17/h2-9,11,13-14,19H,1,10,12,15-16H2. The van der Waals surface area contributed by atoms with E-state index >= 15 is 0 Å². The summed E-state index contributed by atoms with van der Waals surface area (Å²) in [7, 11) is 0. The third-order valence-corrected chi connectivity index (χ3v) is 6.17. The Labute approximate surface area is 199 Å². The van der Waals surface area contributed by atoms with E-state index in [0.29, 0.717) is 42.0 Å². The third kappa shape index (κ3) is 4.21. The van der Waals surface area contributed by atoms with Crippen LogP contribution in [-0.4, -0.2) is 38.0 Å². The summed E-state index contributed by atoms with van der Waals surface area (Å²) in [6.07, 6.45) is 5.23. The normalized spacial score (nSPS) is 15.5. The van der Waals surface area contributed by atoms with Crippen LogP contribution >= 0.6 is 0 Å². The number of fused-ring (bicyclic) bond motifs is 1. The number of carbonyl (C=O) groups is 1. The highest BCUT2D eigenvalue weighted by Crippen LogP contribution is 2.27. The minimum absolute atomic E-state index is 0.0708. The van der Waals surface area contributed by atoms with Crippen LogP contribution in [0.4, 0.5) is 8.78 Å². The number of halogens is 2. The highest BCUT2D eigenvalue weighted by atomic mass is 19.2. The number of ether oxygens (including phenoxy) is 1. The number of rotatable bonds is 6. The molecule has 178 valence electrons. The Kier molecular flexibility index (Phi) is 5.90. The van der Waals surface area contributed by atoms with Gasteiger partial charge in [-0.1, -0.05) is 12.6 Å². The lowest BCUT2D eigenvalue weighted by Crippen LogP contribution is -2.31. The van der Waals surface area contributed by atoms with Gasteiger partial charge in [0.25, 0.3) is 0 Å². The van der Waals surface area contributed by atoms with E-state index in [1.54, 1.807) is 56.8 Å². The topological polar surface area (TPSA) is 69.4 Å². The second-order valence-electron chi connectivity index (χ2n) is 8.31. The zero-order valence-corrected chi connectivity index (χ0v) is 18.7. The number of likely N-dealkylation sites (tertiary alicyclic amines) is 1. The lowest BCUT2D eigenvalue weighted by Gasteiger charge is -2.15. The molecule has 7 nitrogen and oxygen atoms in total. The van der Waals surface area contributed by atoms with Gasteiger partial charge in [0.05, 0.1) is 29.0 Å². The summed E-state index contributed by atoms with van der Waals surface area (Å²) in [6.45, 7) is 4.61. The first-order chi connectivity index (χ1) is 17.0. The van der Waals surface area contributed by atoms with Crippen LogP contribution in [0, 0.1) is 11.6 Å². The fourth-order valence-electron chi connectivity index (χ4n) is 4.44. The number of amides is 1. The monoisotopic (exact) mass is 476 g/mol. The number of pyridine rings is 1. The average Bonchev–Trinajstić information content (AvgIpc) is 3.46. The van der Waals surface area contributed by atoms with Gasteiger partial charge >= 0.3 is 5.69 Å². The van der Waals surface area contributed by atoms with Crippen molar-refractivity contribution in [2.45, 2.75) is 19.1 Å². The Hall–Kier alpha value is -4.27. The molecule has 0 N–H and O–H groups in total. The van der Waals surface area contributed by atoms with Crippen LogP contribution in [0.3, 0.4) is 0 Å². The predicted octanol–water partition coefficient (Wildman–Crippen LogP) is 4.00. The van der Waals surface area contributed by atoms with Crippen LogP contribution in [0.15, 0.2) is 78.4 Å². The summed E-state index contributed by atoms with van der Waals surface area (Å²) < 4.78 is 35.5. The number of imidazole rings is 1. The zero-order chi connectivity index (χ0) is 24.5.